The number of aliphatic hydroxyl groups excluding tert-OH is 2. The Bertz CT molecular complexity index is 1200. The van der Waals surface area contributed by atoms with Crippen LogP contribution in [0.25, 0.3) is 16.5 Å². The zero-order valence-corrected chi connectivity index (χ0v) is 23.9. The summed E-state index contributed by atoms with van der Waals surface area (Å²) in [6, 6.07) is 0. The topological polar surface area (TPSA) is 145 Å². The number of ketones is 1. The van der Waals surface area contributed by atoms with Gasteiger partial charge in [-0.3, -0.25) is 9.59 Å². The lowest BCUT2D eigenvalue weighted by Gasteiger charge is -2.34. The molecule has 0 saturated carbocycles. The Kier molecular flexibility index (Phi) is 11.7. The van der Waals surface area contributed by atoms with Crippen molar-refractivity contribution in [1.29, 1.82) is 0 Å². The van der Waals surface area contributed by atoms with Crippen molar-refractivity contribution in [2.45, 2.75) is 84.9 Å². The maximum absolute atomic E-state index is 13.8. The van der Waals surface area contributed by atoms with Crippen LogP contribution in [0.4, 0.5) is 13.2 Å². The van der Waals surface area contributed by atoms with E-state index >= 15 is 0 Å². The van der Waals surface area contributed by atoms with Crippen molar-refractivity contribution in [2.24, 2.45) is 22.4 Å². The third-order valence-electron chi connectivity index (χ3n) is 7.01. The van der Waals surface area contributed by atoms with Crippen molar-refractivity contribution >= 4 is 29.2 Å². The van der Waals surface area contributed by atoms with E-state index < -0.39 is 71.9 Å². The average molecular weight is 585 g/mol. The maximum Gasteiger partial charge on any atom is 0.412 e. The van der Waals surface area contributed by atoms with Crippen molar-refractivity contribution in [3.63, 3.8) is 0 Å². The third kappa shape index (κ3) is 9.02. The van der Waals surface area contributed by atoms with Gasteiger partial charge < -0.3 is 14.9 Å². The highest BCUT2D eigenvalue weighted by atomic mass is 32.1. The summed E-state index contributed by atoms with van der Waals surface area (Å²) in [7, 11) is 0. The number of carbonyl (C=O) groups is 2. The van der Waals surface area contributed by atoms with Crippen molar-refractivity contribution in [3.8, 4) is 0 Å². The number of carbonyl (C=O) groups excluding carboxylic acids is 2. The Labute approximate surface area is 235 Å². The van der Waals surface area contributed by atoms with E-state index in [4.69, 9.17) is 10.3 Å². The second kappa shape index (κ2) is 14.1. The number of nitrogens with zero attached hydrogens (tertiary/aromatic N) is 4. The first-order valence-corrected chi connectivity index (χ1v) is 13.6. The minimum atomic E-state index is -4.65. The molecule has 0 spiro atoms. The second-order valence-corrected chi connectivity index (χ2v) is 11.4. The quantitative estimate of drug-likeness (QED) is 0.144. The summed E-state index contributed by atoms with van der Waals surface area (Å²) in [4.78, 5) is 33.0. The predicted octanol–water partition coefficient (Wildman–Crippen LogP) is 6.09. The molecular weight excluding hydrogens is 549 g/mol. The molecule has 220 valence electrons. The smallest absolute Gasteiger partial charge is 0.412 e. The van der Waals surface area contributed by atoms with Crippen LogP contribution in [0.3, 0.4) is 0 Å². The highest BCUT2D eigenvalue weighted by Gasteiger charge is 2.42. The van der Waals surface area contributed by atoms with Crippen LogP contribution >= 0.6 is 11.3 Å². The molecule has 9 nitrogen and oxygen atoms in total. The molecule has 0 aliphatic carbocycles. The monoisotopic (exact) mass is 584 g/mol. The highest BCUT2D eigenvalue weighted by Crippen LogP contribution is 2.33. The molecule has 1 aromatic rings. The molecule has 0 bridgehead atoms. The number of rotatable bonds is 4. The van der Waals surface area contributed by atoms with Gasteiger partial charge in [0.15, 0.2) is 0 Å². The molecule has 13 heteroatoms. The Morgan fingerprint density at radius 2 is 2.00 bits per heavy atom. The van der Waals surface area contributed by atoms with Gasteiger partial charge in [0.1, 0.15) is 11.9 Å². The Morgan fingerprint density at radius 3 is 2.62 bits per heavy atom. The first-order valence-electron chi connectivity index (χ1n) is 12.7. The van der Waals surface area contributed by atoms with Gasteiger partial charge in [0, 0.05) is 34.1 Å². The van der Waals surface area contributed by atoms with Gasteiger partial charge in [0.05, 0.1) is 41.3 Å². The van der Waals surface area contributed by atoms with Gasteiger partial charge >= 0.3 is 12.1 Å². The minimum Gasteiger partial charge on any atom is -0.457 e. The van der Waals surface area contributed by atoms with Crippen LogP contribution in [0.1, 0.15) is 64.6 Å². The fourth-order valence-electron chi connectivity index (χ4n) is 4.28. The molecule has 2 N–H and O–H groups in total. The molecule has 0 radical (unpaired) electrons. The first kappa shape index (κ1) is 33.2. The Hall–Kier alpha value is -2.99. The number of allylic oxidation sites excluding steroid dienone is 2. The number of ether oxygens (including phenoxy) is 1. The fraction of sp³-hybridized carbons (Fsp3) is 0.593. The number of cyclic esters (lactones) is 1. The molecule has 1 unspecified atom stereocenters. The van der Waals surface area contributed by atoms with E-state index in [-0.39, 0.29) is 13.0 Å². The Balaban J connectivity index is 2.50. The Morgan fingerprint density at radius 1 is 1.32 bits per heavy atom. The maximum atomic E-state index is 13.8. The number of thiazole rings is 1. The van der Waals surface area contributed by atoms with Crippen molar-refractivity contribution in [3.05, 3.63) is 55.9 Å². The lowest BCUT2D eigenvalue weighted by atomic mass is 9.73. The molecule has 0 aromatic carbocycles. The summed E-state index contributed by atoms with van der Waals surface area (Å²) < 4.78 is 47.0. The SMILES string of the molecule is CC(=Cc1csc(CN=[N+]=[N-])n1)C1CC=C(C(F)(F)F)CC=C[C@H](C)[C@H](O)[C@@H](C)C(=O)C(C)(C)[C@@H](O)CC(=O)O1. The molecule has 0 saturated heterocycles. The summed E-state index contributed by atoms with van der Waals surface area (Å²) in [5.74, 6) is -2.98. The minimum absolute atomic E-state index is 0.0400. The second-order valence-electron chi connectivity index (χ2n) is 10.5. The van der Waals surface area contributed by atoms with Gasteiger partial charge in [0.2, 0.25) is 0 Å². The van der Waals surface area contributed by atoms with Crippen LogP contribution in [0.5, 0.6) is 0 Å². The van der Waals surface area contributed by atoms with Crippen LogP contribution in [0.15, 0.2) is 39.9 Å². The molecule has 0 amide bonds. The van der Waals surface area contributed by atoms with E-state index in [0.717, 1.165) is 6.08 Å². The largest absolute Gasteiger partial charge is 0.457 e. The standard InChI is InChI=1S/C27H35F3N4O5S/c1-15-7-6-8-18(27(28,29)30)9-10-20(16(2)11-19-14-40-22(33-19)13-32-34-31)39-23(36)12-21(35)26(4,5)25(38)17(3)24(15)37/h6-7,9,11,14-15,17,20-21,24,35,37H,8,10,12-13H2,1-5H3/t15-,17+,20?,21-,24-/m0/s1. The number of esters is 1. The lowest BCUT2D eigenvalue weighted by Crippen LogP contribution is -2.45. The summed E-state index contributed by atoms with van der Waals surface area (Å²) in [5.41, 5.74) is 7.07. The number of aliphatic hydroxyl groups is 2. The van der Waals surface area contributed by atoms with Gasteiger partial charge in [-0.15, -0.1) is 11.3 Å². The van der Waals surface area contributed by atoms with E-state index in [2.05, 4.69) is 15.0 Å². The zero-order valence-electron chi connectivity index (χ0n) is 23.1. The number of halogens is 3. The van der Waals surface area contributed by atoms with E-state index in [1.54, 1.807) is 25.3 Å². The number of azide groups is 1. The third-order valence-corrected chi connectivity index (χ3v) is 7.86. The predicted molar refractivity (Wildman–Crippen MR) is 145 cm³/mol. The van der Waals surface area contributed by atoms with Crippen LogP contribution in [0, 0.1) is 17.3 Å². The van der Waals surface area contributed by atoms with Gasteiger partial charge in [-0.05, 0) is 30.5 Å². The van der Waals surface area contributed by atoms with E-state index in [0.29, 0.717) is 16.3 Å². The lowest BCUT2D eigenvalue weighted by molar-refractivity contribution is -0.154. The molecule has 0 fully saturated rings. The molecule has 2 heterocycles. The molecule has 1 aromatic heterocycles. The summed E-state index contributed by atoms with van der Waals surface area (Å²) in [6.07, 6.45) is -4.56. The summed E-state index contributed by atoms with van der Waals surface area (Å²) in [5, 5.41) is 27.1. The molecular formula is C27H35F3N4O5S. The summed E-state index contributed by atoms with van der Waals surface area (Å²) in [6.45, 7) is 7.63. The molecule has 40 heavy (non-hydrogen) atoms. The fourth-order valence-corrected chi connectivity index (χ4v) is 4.95. The van der Waals surface area contributed by atoms with Crippen molar-refractivity contribution in [1.82, 2.24) is 4.98 Å². The van der Waals surface area contributed by atoms with Gasteiger partial charge in [-0.1, -0.05) is 51.0 Å². The van der Waals surface area contributed by atoms with Crippen molar-refractivity contribution in [2.75, 3.05) is 0 Å². The highest BCUT2D eigenvalue weighted by molar-refractivity contribution is 7.09. The number of aromatic nitrogens is 1. The van der Waals surface area contributed by atoms with Crippen LogP contribution in [-0.4, -0.2) is 51.4 Å². The van der Waals surface area contributed by atoms with E-state index in [1.165, 1.54) is 44.3 Å². The molecule has 1 aliphatic rings. The number of hydrogen-bond donors (Lipinski definition) is 2. The molecule has 1 aliphatic heterocycles. The first-order chi connectivity index (χ1) is 18.6. The summed E-state index contributed by atoms with van der Waals surface area (Å²) >= 11 is 1.23. The van der Waals surface area contributed by atoms with Crippen LogP contribution in [0.2, 0.25) is 0 Å². The van der Waals surface area contributed by atoms with Gasteiger partial charge in [0.25, 0.3) is 0 Å². The van der Waals surface area contributed by atoms with E-state index in [1.807, 2.05) is 0 Å². The normalized spacial score (nSPS) is 27.5. The molecule has 5 atom stereocenters. The zero-order chi connectivity index (χ0) is 30.3. The van der Waals surface area contributed by atoms with Crippen LogP contribution < -0.4 is 0 Å². The van der Waals surface area contributed by atoms with Crippen molar-refractivity contribution < 1.29 is 37.7 Å². The average Bonchev–Trinajstić information content (AvgIpc) is 3.32. The molecule has 2 rings (SSSR count). The van der Waals surface area contributed by atoms with E-state index in [9.17, 15) is 33.0 Å². The van der Waals surface area contributed by atoms with Gasteiger partial charge in [-0.25, -0.2) is 4.98 Å². The number of hydrogen-bond acceptors (Lipinski definition) is 8. The van der Waals surface area contributed by atoms with Crippen LogP contribution in [-0.2, 0) is 20.9 Å². The number of alkyl halides is 3. The van der Waals surface area contributed by atoms with Gasteiger partial charge in [-0.2, -0.15) is 13.2 Å². The number of Topliss-reactive ketones (excluding diaryl/α,β-unsaturated/α-hetero) is 1.